The Morgan fingerprint density at radius 3 is 1.97 bits per heavy atom. The van der Waals surface area contributed by atoms with Gasteiger partial charge in [-0.1, -0.05) is 58.5 Å². The molecule has 0 spiro atoms. The van der Waals surface area contributed by atoms with E-state index in [1.54, 1.807) is 0 Å². The van der Waals surface area contributed by atoms with Crippen LogP contribution in [0.1, 0.15) is 16.7 Å². The molecule has 3 aromatic rings. The van der Waals surface area contributed by atoms with Gasteiger partial charge in [0, 0.05) is 15.6 Å². The molecule has 0 saturated carbocycles. The summed E-state index contributed by atoms with van der Waals surface area (Å²) in [7, 11) is -5.07. The smallest absolute Gasteiger partial charge is 0.283 e. The topological polar surface area (TPSA) is 94.8 Å². The summed E-state index contributed by atoms with van der Waals surface area (Å²) in [5.74, 6) is -0.629. The molecule has 0 bridgehead atoms. The van der Waals surface area contributed by atoms with E-state index in [4.69, 9.17) is 46.4 Å². The zero-order chi connectivity index (χ0) is 21.6. The average molecular weight is 494 g/mol. The number of aromatic hydroxyl groups is 2. The molecule has 0 aliphatic rings. The molecule has 1 unspecified atom stereocenters. The molecule has 0 saturated heterocycles. The van der Waals surface area contributed by atoms with Crippen LogP contribution >= 0.6 is 46.4 Å². The summed E-state index contributed by atoms with van der Waals surface area (Å²) in [5.41, 5.74) is -0.413. The third-order valence-electron chi connectivity index (χ3n) is 4.30. The molecule has 3 rings (SSSR count). The van der Waals surface area contributed by atoms with Gasteiger partial charge in [-0.25, -0.2) is 0 Å². The van der Waals surface area contributed by atoms with Crippen molar-refractivity contribution in [3.63, 3.8) is 0 Å². The number of halogens is 4. The van der Waals surface area contributed by atoms with Crippen LogP contribution < -0.4 is 0 Å². The van der Waals surface area contributed by atoms with Crippen LogP contribution in [0.2, 0.25) is 20.1 Å². The van der Waals surface area contributed by atoms with Gasteiger partial charge in [0.25, 0.3) is 10.1 Å². The van der Waals surface area contributed by atoms with Gasteiger partial charge in [-0.05, 0) is 53.6 Å². The van der Waals surface area contributed by atoms with Gasteiger partial charge < -0.3 is 10.2 Å². The van der Waals surface area contributed by atoms with Gasteiger partial charge in [-0.15, -0.1) is 0 Å². The summed E-state index contributed by atoms with van der Waals surface area (Å²) >= 11 is 24.6. The number of hydrogen-bond donors (Lipinski definition) is 3. The molecule has 3 N–H and O–H groups in total. The molecule has 0 fully saturated rings. The van der Waals surface area contributed by atoms with E-state index in [0.29, 0.717) is 0 Å². The van der Waals surface area contributed by atoms with Crippen LogP contribution in [0.4, 0.5) is 0 Å². The minimum atomic E-state index is -5.07. The maximum absolute atomic E-state index is 13.0. The van der Waals surface area contributed by atoms with Crippen molar-refractivity contribution in [2.45, 2.75) is 4.75 Å². The quantitative estimate of drug-likeness (QED) is 0.239. The Hall–Kier alpha value is -1.67. The van der Waals surface area contributed by atoms with Crippen LogP contribution in [-0.4, -0.2) is 23.2 Å². The van der Waals surface area contributed by atoms with E-state index < -0.39 is 14.9 Å². The van der Waals surface area contributed by atoms with Crippen LogP contribution in [0.25, 0.3) is 0 Å². The maximum Gasteiger partial charge on any atom is 0.283 e. The van der Waals surface area contributed by atoms with Crippen molar-refractivity contribution in [3.8, 4) is 11.5 Å². The van der Waals surface area contributed by atoms with Crippen molar-refractivity contribution in [2.24, 2.45) is 0 Å². The fourth-order valence-corrected chi connectivity index (χ4v) is 5.54. The highest BCUT2D eigenvalue weighted by molar-refractivity contribution is 7.87. The molecule has 0 aromatic heterocycles. The molecule has 0 amide bonds. The Labute approximate surface area is 186 Å². The normalized spacial score (nSPS) is 13.8. The first-order valence-corrected chi connectivity index (χ1v) is 10.8. The first-order valence-electron chi connectivity index (χ1n) is 7.88. The number of phenolic OH excluding ortho intramolecular Hbond substituents is 2. The van der Waals surface area contributed by atoms with Crippen molar-refractivity contribution in [2.75, 3.05) is 0 Å². The van der Waals surface area contributed by atoms with E-state index in [2.05, 4.69) is 0 Å². The molecule has 3 aromatic carbocycles. The second-order valence-electron chi connectivity index (χ2n) is 6.15. The average Bonchev–Trinajstić information content (AvgIpc) is 2.57. The monoisotopic (exact) mass is 492 g/mol. The molecule has 0 radical (unpaired) electrons. The van der Waals surface area contributed by atoms with E-state index in [0.717, 1.165) is 12.1 Å². The number of hydrogen-bond acceptors (Lipinski definition) is 4. The lowest BCUT2D eigenvalue weighted by Gasteiger charge is -2.33. The third-order valence-corrected chi connectivity index (χ3v) is 7.00. The van der Waals surface area contributed by atoms with Gasteiger partial charge in [0.15, 0.2) is 4.75 Å². The summed E-state index contributed by atoms with van der Waals surface area (Å²) < 4.78 is 34.0. The molecule has 0 heterocycles. The Morgan fingerprint density at radius 1 is 0.759 bits per heavy atom. The molecular weight excluding hydrogens is 482 g/mol. The van der Waals surface area contributed by atoms with E-state index >= 15 is 0 Å². The van der Waals surface area contributed by atoms with Crippen LogP contribution in [0.3, 0.4) is 0 Å². The lowest BCUT2D eigenvalue weighted by Crippen LogP contribution is -2.38. The molecular formula is C19H12Cl4O5S. The summed E-state index contributed by atoms with van der Waals surface area (Å²) in [6.07, 6.45) is 0. The van der Waals surface area contributed by atoms with Crippen molar-refractivity contribution >= 4 is 56.5 Å². The van der Waals surface area contributed by atoms with Gasteiger partial charge in [0.05, 0.1) is 10.0 Å². The SMILES string of the molecule is O=S(=O)(O)C(c1cccc(O)c1)(c1cc(O)cc(Cl)c1)c1cc(Cl)cc(Cl)c1Cl. The van der Waals surface area contributed by atoms with Gasteiger partial charge in [-0.2, -0.15) is 8.42 Å². The fourth-order valence-electron chi connectivity index (χ4n) is 3.23. The highest BCUT2D eigenvalue weighted by Gasteiger charge is 2.50. The van der Waals surface area contributed by atoms with Crippen molar-refractivity contribution < 1.29 is 23.2 Å². The maximum atomic E-state index is 13.0. The zero-order valence-corrected chi connectivity index (χ0v) is 18.1. The fraction of sp³-hybridized carbons (Fsp3) is 0.0526. The molecule has 10 heteroatoms. The van der Waals surface area contributed by atoms with Crippen LogP contribution in [0.5, 0.6) is 11.5 Å². The Morgan fingerprint density at radius 2 is 1.38 bits per heavy atom. The number of benzene rings is 3. The Bertz CT molecular complexity index is 1190. The molecule has 152 valence electrons. The van der Waals surface area contributed by atoms with E-state index in [-0.39, 0.29) is 48.3 Å². The van der Waals surface area contributed by atoms with Crippen LogP contribution in [0, 0.1) is 0 Å². The number of rotatable bonds is 4. The minimum absolute atomic E-state index is 0.00238. The first kappa shape index (κ1) is 22.0. The van der Waals surface area contributed by atoms with Crippen molar-refractivity contribution in [1.29, 1.82) is 0 Å². The zero-order valence-electron chi connectivity index (χ0n) is 14.3. The lowest BCUT2D eigenvalue weighted by molar-refractivity contribution is 0.455. The molecule has 0 aliphatic carbocycles. The van der Waals surface area contributed by atoms with Crippen molar-refractivity contribution in [1.82, 2.24) is 0 Å². The lowest BCUT2D eigenvalue weighted by atomic mass is 9.83. The van der Waals surface area contributed by atoms with Gasteiger partial charge >= 0.3 is 0 Å². The summed E-state index contributed by atoms with van der Waals surface area (Å²) in [4.78, 5) is 0. The van der Waals surface area contributed by atoms with E-state index in [1.165, 1.54) is 42.5 Å². The Kier molecular flexibility index (Phi) is 5.98. The third kappa shape index (κ3) is 3.89. The van der Waals surface area contributed by atoms with Crippen LogP contribution in [0.15, 0.2) is 54.6 Å². The second-order valence-corrected chi connectivity index (χ2v) is 9.37. The van der Waals surface area contributed by atoms with Crippen molar-refractivity contribution in [3.05, 3.63) is 91.4 Å². The first-order chi connectivity index (χ1) is 13.5. The largest absolute Gasteiger partial charge is 0.508 e. The van der Waals surface area contributed by atoms with E-state index in [1.807, 2.05) is 0 Å². The predicted octanol–water partition coefficient (Wildman–Crippen LogP) is 5.89. The molecule has 0 aliphatic heterocycles. The van der Waals surface area contributed by atoms with Crippen LogP contribution in [-0.2, 0) is 14.9 Å². The second kappa shape index (κ2) is 7.87. The molecule has 29 heavy (non-hydrogen) atoms. The predicted molar refractivity (Wildman–Crippen MR) is 114 cm³/mol. The summed E-state index contributed by atoms with van der Waals surface area (Å²) in [5, 5.41) is 19.8. The van der Waals surface area contributed by atoms with Gasteiger partial charge in [0.2, 0.25) is 0 Å². The standard InChI is InChI=1S/C19H12Cl4O5S/c20-12-4-11(6-15(25)7-12)19(29(26,27)28,10-2-1-3-14(24)5-10)16-8-13(21)9-17(22)18(16)23/h1-9,24-25H,(H,26,27,28). The van der Waals surface area contributed by atoms with E-state index in [9.17, 15) is 23.2 Å². The van der Waals surface area contributed by atoms with Gasteiger partial charge in [-0.3, -0.25) is 4.55 Å². The Balaban J connectivity index is 2.63. The highest BCUT2D eigenvalue weighted by atomic mass is 35.5. The molecule has 5 nitrogen and oxygen atoms in total. The summed E-state index contributed by atoms with van der Waals surface area (Å²) in [6, 6.07) is 11.3. The van der Waals surface area contributed by atoms with Gasteiger partial charge in [0.1, 0.15) is 11.5 Å². The highest BCUT2D eigenvalue weighted by Crippen LogP contribution is 2.50. The number of phenols is 2. The minimum Gasteiger partial charge on any atom is -0.508 e. The molecule has 1 atom stereocenters. The summed E-state index contributed by atoms with van der Waals surface area (Å²) in [6.45, 7) is 0.